The van der Waals surface area contributed by atoms with Gasteiger partial charge in [0, 0.05) is 30.4 Å². The van der Waals surface area contributed by atoms with Crippen LogP contribution in [0.15, 0.2) is 72.1 Å². The number of thiazole rings is 1. The van der Waals surface area contributed by atoms with Crippen LogP contribution >= 0.6 is 23.1 Å². The Morgan fingerprint density at radius 1 is 1.17 bits per heavy atom. The summed E-state index contributed by atoms with van der Waals surface area (Å²) in [5, 5.41) is 0.776. The molecule has 0 atom stereocenters. The fraction of sp³-hybridized carbons (Fsp3) is 0.227. The van der Waals surface area contributed by atoms with Crippen LogP contribution in [0.3, 0.4) is 0 Å². The van der Waals surface area contributed by atoms with Gasteiger partial charge in [0.1, 0.15) is 0 Å². The number of benzene rings is 2. The molecule has 7 heteroatoms. The molecular weight excluding hydrogens is 400 g/mol. The van der Waals surface area contributed by atoms with Crippen LogP contribution in [0.1, 0.15) is 12.0 Å². The van der Waals surface area contributed by atoms with Gasteiger partial charge in [0.15, 0.2) is 5.13 Å². The first-order chi connectivity index (χ1) is 14.2. The molecule has 1 amide bonds. The number of aromatic nitrogens is 3. The summed E-state index contributed by atoms with van der Waals surface area (Å²) >= 11 is 3.15. The fourth-order valence-corrected chi connectivity index (χ4v) is 4.97. The smallest absolute Gasteiger partial charge is 0.239 e. The average molecular weight is 423 g/mol. The van der Waals surface area contributed by atoms with Gasteiger partial charge in [-0.3, -0.25) is 9.69 Å². The second kappa shape index (κ2) is 9.24. The van der Waals surface area contributed by atoms with Gasteiger partial charge in [-0.05, 0) is 37.1 Å². The van der Waals surface area contributed by atoms with Crippen molar-refractivity contribution in [3.05, 3.63) is 72.8 Å². The standard InChI is InChI=1S/C22H22N4OS2/c1-17-7-5-10-19-21(17)24-22(29-19)26(13-6-12-25-14-11-23-16-25)20(27)15-28-18-8-3-2-4-9-18/h2-5,7-11,14,16H,6,12-13,15H2,1H3. The van der Waals surface area contributed by atoms with Crippen LogP contribution in [0.2, 0.25) is 0 Å². The zero-order chi connectivity index (χ0) is 20.1. The first kappa shape index (κ1) is 19.7. The van der Waals surface area contributed by atoms with Crippen molar-refractivity contribution in [1.29, 1.82) is 0 Å². The summed E-state index contributed by atoms with van der Waals surface area (Å²) in [6.45, 7) is 3.51. The number of amides is 1. The Balaban J connectivity index is 1.52. The predicted molar refractivity (Wildman–Crippen MR) is 121 cm³/mol. The Morgan fingerprint density at radius 2 is 2.03 bits per heavy atom. The number of imidazole rings is 1. The predicted octanol–water partition coefficient (Wildman–Crippen LogP) is 5.02. The third kappa shape index (κ3) is 4.86. The molecule has 0 saturated heterocycles. The van der Waals surface area contributed by atoms with Gasteiger partial charge in [-0.25, -0.2) is 9.97 Å². The number of para-hydroxylation sites is 1. The Morgan fingerprint density at radius 3 is 2.79 bits per heavy atom. The highest BCUT2D eigenvalue weighted by atomic mass is 32.2. The van der Waals surface area contributed by atoms with Gasteiger partial charge < -0.3 is 4.57 Å². The Labute approximate surface area is 178 Å². The maximum absolute atomic E-state index is 13.1. The van der Waals surface area contributed by atoms with Crippen molar-refractivity contribution >= 4 is 44.4 Å². The lowest BCUT2D eigenvalue weighted by atomic mass is 10.2. The molecule has 4 aromatic rings. The number of aryl methyl sites for hydroxylation is 2. The van der Waals surface area contributed by atoms with Crippen molar-refractivity contribution < 1.29 is 4.79 Å². The fourth-order valence-electron chi connectivity index (χ4n) is 3.09. The number of rotatable bonds is 8. The number of nitrogens with zero attached hydrogens (tertiary/aromatic N) is 4. The van der Waals surface area contributed by atoms with Crippen LogP contribution < -0.4 is 4.90 Å². The van der Waals surface area contributed by atoms with Crippen molar-refractivity contribution in [2.45, 2.75) is 24.8 Å². The molecule has 5 nitrogen and oxygen atoms in total. The largest absolute Gasteiger partial charge is 0.337 e. The summed E-state index contributed by atoms with van der Waals surface area (Å²) in [6, 6.07) is 16.2. The highest BCUT2D eigenvalue weighted by Crippen LogP contribution is 2.31. The van der Waals surface area contributed by atoms with E-state index in [0.29, 0.717) is 12.3 Å². The summed E-state index contributed by atoms with van der Waals surface area (Å²) < 4.78 is 3.15. The lowest BCUT2D eigenvalue weighted by molar-refractivity contribution is -0.116. The van der Waals surface area contributed by atoms with E-state index < -0.39 is 0 Å². The van der Waals surface area contributed by atoms with E-state index in [2.05, 4.69) is 24.0 Å². The number of hydrogen-bond acceptors (Lipinski definition) is 5. The summed E-state index contributed by atoms with van der Waals surface area (Å²) in [5.74, 6) is 0.477. The second-order valence-corrected chi connectivity index (χ2v) is 8.78. The molecule has 4 rings (SSSR count). The molecule has 29 heavy (non-hydrogen) atoms. The van der Waals surface area contributed by atoms with E-state index in [9.17, 15) is 4.79 Å². The van der Waals surface area contributed by atoms with Gasteiger partial charge in [0.25, 0.3) is 0 Å². The molecular formula is C22H22N4OS2. The number of carbonyl (C=O) groups is 1. The van der Waals surface area contributed by atoms with Gasteiger partial charge in [0.2, 0.25) is 5.91 Å². The van der Waals surface area contributed by atoms with Crippen molar-refractivity contribution in [1.82, 2.24) is 14.5 Å². The van der Waals surface area contributed by atoms with Crippen LogP contribution in [-0.4, -0.2) is 32.7 Å². The van der Waals surface area contributed by atoms with Crippen LogP contribution in [-0.2, 0) is 11.3 Å². The third-order valence-electron chi connectivity index (χ3n) is 4.60. The Hall–Kier alpha value is -2.64. The molecule has 2 aromatic carbocycles. The lowest BCUT2D eigenvalue weighted by Crippen LogP contribution is -2.33. The number of carbonyl (C=O) groups excluding carboxylic acids is 1. The molecule has 2 heterocycles. The number of thioether (sulfide) groups is 1. The maximum atomic E-state index is 13.1. The molecule has 0 radical (unpaired) electrons. The minimum absolute atomic E-state index is 0.0844. The SMILES string of the molecule is Cc1cccc2sc(N(CCCn3ccnc3)C(=O)CSc3ccccc3)nc12. The van der Waals surface area contributed by atoms with Crippen molar-refractivity contribution in [3.63, 3.8) is 0 Å². The summed E-state index contributed by atoms with van der Waals surface area (Å²) in [6.07, 6.45) is 6.36. The molecule has 0 bridgehead atoms. The third-order valence-corrected chi connectivity index (χ3v) is 6.64. The summed E-state index contributed by atoms with van der Waals surface area (Å²) in [5.41, 5.74) is 2.12. The maximum Gasteiger partial charge on any atom is 0.239 e. The lowest BCUT2D eigenvalue weighted by Gasteiger charge is -2.20. The average Bonchev–Trinajstić information content (AvgIpc) is 3.41. The second-order valence-electron chi connectivity index (χ2n) is 6.72. The van der Waals surface area contributed by atoms with E-state index in [4.69, 9.17) is 4.98 Å². The minimum atomic E-state index is 0.0844. The quantitative estimate of drug-likeness (QED) is 0.374. The molecule has 0 saturated carbocycles. The summed E-state index contributed by atoms with van der Waals surface area (Å²) in [7, 11) is 0. The molecule has 0 spiro atoms. The van der Waals surface area contributed by atoms with Gasteiger partial charge in [-0.2, -0.15) is 0 Å². The molecule has 0 unspecified atom stereocenters. The number of anilines is 1. The first-order valence-corrected chi connectivity index (χ1v) is 11.3. The number of hydrogen-bond donors (Lipinski definition) is 0. The van der Waals surface area contributed by atoms with Crippen LogP contribution in [0.5, 0.6) is 0 Å². The molecule has 0 aliphatic carbocycles. The molecule has 2 aromatic heterocycles. The first-order valence-electron chi connectivity index (χ1n) is 9.51. The van der Waals surface area contributed by atoms with Crippen molar-refractivity contribution in [2.75, 3.05) is 17.2 Å². The minimum Gasteiger partial charge on any atom is -0.337 e. The molecule has 0 N–H and O–H groups in total. The Bertz CT molecular complexity index is 1080. The molecule has 0 aliphatic rings. The topological polar surface area (TPSA) is 51.0 Å². The Kier molecular flexibility index (Phi) is 6.27. The van der Waals surface area contributed by atoms with E-state index in [0.717, 1.165) is 38.8 Å². The molecule has 0 fully saturated rings. The zero-order valence-corrected chi connectivity index (χ0v) is 17.8. The van der Waals surface area contributed by atoms with E-state index in [1.54, 1.807) is 35.6 Å². The van der Waals surface area contributed by atoms with Gasteiger partial charge in [-0.15, -0.1) is 11.8 Å². The van der Waals surface area contributed by atoms with Gasteiger partial charge in [-0.1, -0.05) is 41.7 Å². The highest BCUT2D eigenvalue weighted by Gasteiger charge is 2.20. The van der Waals surface area contributed by atoms with Gasteiger partial charge >= 0.3 is 0 Å². The van der Waals surface area contributed by atoms with Gasteiger partial charge in [0.05, 0.1) is 22.3 Å². The van der Waals surface area contributed by atoms with E-state index in [1.807, 2.05) is 52.1 Å². The van der Waals surface area contributed by atoms with Crippen LogP contribution in [0, 0.1) is 6.92 Å². The van der Waals surface area contributed by atoms with E-state index in [1.165, 1.54) is 0 Å². The number of fused-ring (bicyclic) bond motifs is 1. The summed E-state index contributed by atoms with van der Waals surface area (Å²) in [4.78, 5) is 24.9. The molecule has 148 valence electrons. The van der Waals surface area contributed by atoms with Crippen LogP contribution in [0.25, 0.3) is 10.2 Å². The monoisotopic (exact) mass is 422 g/mol. The normalized spacial score (nSPS) is 11.1. The highest BCUT2D eigenvalue weighted by molar-refractivity contribution is 8.00. The van der Waals surface area contributed by atoms with E-state index in [-0.39, 0.29) is 5.91 Å². The van der Waals surface area contributed by atoms with Crippen molar-refractivity contribution in [3.8, 4) is 0 Å². The van der Waals surface area contributed by atoms with Crippen molar-refractivity contribution in [2.24, 2.45) is 0 Å². The van der Waals surface area contributed by atoms with E-state index >= 15 is 0 Å². The molecule has 0 aliphatic heterocycles. The van der Waals surface area contributed by atoms with Crippen LogP contribution in [0.4, 0.5) is 5.13 Å². The zero-order valence-electron chi connectivity index (χ0n) is 16.2.